The monoisotopic (exact) mass is 304 g/mol. The van der Waals surface area contributed by atoms with E-state index in [4.69, 9.17) is 0 Å². The van der Waals surface area contributed by atoms with Crippen LogP contribution in [0.3, 0.4) is 0 Å². The number of nitro benzene ring substituents is 1. The quantitative estimate of drug-likeness (QED) is 0.674. The molecule has 5 nitrogen and oxygen atoms in total. The summed E-state index contributed by atoms with van der Waals surface area (Å²) in [7, 11) is 0. The van der Waals surface area contributed by atoms with Crippen LogP contribution in [0.2, 0.25) is 0 Å². The minimum Gasteiger partial charge on any atom is -0.393 e. The van der Waals surface area contributed by atoms with E-state index in [1.807, 2.05) is 6.92 Å². The van der Waals surface area contributed by atoms with Crippen molar-refractivity contribution in [3.05, 3.63) is 33.9 Å². The van der Waals surface area contributed by atoms with Gasteiger partial charge in [-0.1, -0.05) is 6.92 Å². The van der Waals surface area contributed by atoms with E-state index < -0.39 is 28.5 Å². The van der Waals surface area contributed by atoms with Gasteiger partial charge in [-0.3, -0.25) is 10.1 Å². The van der Waals surface area contributed by atoms with Gasteiger partial charge in [0.15, 0.2) is 0 Å². The molecule has 2 rings (SSSR count). The number of nitro groups is 1. The van der Waals surface area contributed by atoms with Gasteiger partial charge < -0.3 is 10.0 Å². The van der Waals surface area contributed by atoms with Crippen molar-refractivity contribution in [2.24, 2.45) is 5.92 Å². The third-order valence-corrected chi connectivity index (χ3v) is 3.71. The Morgan fingerprint density at radius 2 is 2.10 bits per heavy atom. The largest absolute Gasteiger partial charge is 0.423 e. The average molecular weight is 304 g/mol. The van der Waals surface area contributed by atoms with Gasteiger partial charge in [0.2, 0.25) is 0 Å². The molecule has 1 fully saturated rings. The Balaban J connectivity index is 2.36. The van der Waals surface area contributed by atoms with Crippen molar-refractivity contribution in [3.8, 4) is 0 Å². The molecule has 0 spiro atoms. The average Bonchev–Trinajstić information content (AvgIpc) is 2.40. The van der Waals surface area contributed by atoms with E-state index in [-0.39, 0.29) is 11.6 Å². The first-order valence-corrected chi connectivity index (χ1v) is 6.49. The van der Waals surface area contributed by atoms with Crippen LogP contribution in [0.5, 0.6) is 0 Å². The summed E-state index contributed by atoms with van der Waals surface area (Å²) in [6.07, 6.45) is -4.79. The van der Waals surface area contributed by atoms with E-state index in [1.54, 1.807) is 4.90 Å². The Morgan fingerprint density at radius 3 is 2.62 bits per heavy atom. The van der Waals surface area contributed by atoms with Gasteiger partial charge in [-0.25, -0.2) is 0 Å². The van der Waals surface area contributed by atoms with E-state index >= 15 is 0 Å². The van der Waals surface area contributed by atoms with Gasteiger partial charge in [-0.2, -0.15) is 13.2 Å². The molecular weight excluding hydrogens is 289 g/mol. The molecule has 116 valence electrons. The predicted molar refractivity (Wildman–Crippen MR) is 70.1 cm³/mol. The zero-order valence-electron chi connectivity index (χ0n) is 11.3. The van der Waals surface area contributed by atoms with Crippen molar-refractivity contribution in [1.29, 1.82) is 0 Å². The molecule has 0 radical (unpaired) electrons. The lowest BCUT2D eigenvalue weighted by atomic mass is 9.96. The Morgan fingerprint density at radius 1 is 1.43 bits per heavy atom. The fourth-order valence-electron chi connectivity index (χ4n) is 2.47. The second kappa shape index (κ2) is 5.51. The molecule has 2 atom stereocenters. The number of piperidine rings is 1. The van der Waals surface area contributed by atoms with E-state index in [0.29, 0.717) is 19.5 Å². The highest BCUT2D eigenvalue weighted by Gasteiger charge is 2.39. The van der Waals surface area contributed by atoms with Crippen molar-refractivity contribution < 1.29 is 23.2 Å². The standard InChI is InChI=1S/C13H15F3N2O3/c1-8-7-17(5-4-12(8)19)9-2-3-11(18(20)21)10(6-9)13(14,15)16/h2-3,6,8,12,19H,4-5,7H2,1H3. The van der Waals surface area contributed by atoms with Crippen LogP contribution in [0, 0.1) is 16.0 Å². The van der Waals surface area contributed by atoms with Crippen LogP contribution in [0.1, 0.15) is 18.9 Å². The molecule has 0 bridgehead atoms. The first-order chi connectivity index (χ1) is 9.70. The molecule has 1 aliphatic rings. The van der Waals surface area contributed by atoms with Gasteiger partial charge in [0, 0.05) is 24.8 Å². The lowest BCUT2D eigenvalue weighted by Crippen LogP contribution is -2.42. The smallest absolute Gasteiger partial charge is 0.393 e. The summed E-state index contributed by atoms with van der Waals surface area (Å²) in [5, 5.41) is 20.4. The molecule has 8 heteroatoms. The maximum Gasteiger partial charge on any atom is 0.423 e. The van der Waals surface area contributed by atoms with E-state index in [0.717, 1.165) is 12.1 Å². The van der Waals surface area contributed by atoms with Crippen LogP contribution in [0.15, 0.2) is 18.2 Å². The number of nitrogens with zero attached hydrogens (tertiary/aromatic N) is 2. The van der Waals surface area contributed by atoms with Gasteiger partial charge in [-0.05, 0) is 24.5 Å². The molecule has 1 aromatic carbocycles. The molecule has 0 amide bonds. The second-order valence-corrected chi connectivity index (χ2v) is 5.24. The molecule has 21 heavy (non-hydrogen) atoms. The predicted octanol–water partition coefficient (Wildman–Crippen LogP) is 2.82. The van der Waals surface area contributed by atoms with Gasteiger partial charge >= 0.3 is 6.18 Å². The molecule has 1 heterocycles. The number of rotatable bonds is 2. The molecule has 1 aliphatic heterocycles. The summed E-state index contributed by atoms with van der Waals surface area (Å²) in [5.41, 5.74) is -1.91. The van der Waals surface area contributed by atoms with Crippen molar-refractivity contribution in [2.45, 2.75) is 25.6 Å². The highest BCUT2D eigenvalue weighted by atomic mass is 19.4. The summed E-state index contributed by atoms with van der Waals surface area (Å²) >= 11 is 0. The van der Waals surface area contributed by atoms with Crippen LogP contribution < -0.4 is 4.90 Å². The molecule has 0 aliphatic carbocycles. The highest BCUT2D eigenvalue weighted by molar-refractivity contribution is 5.57. The maximum atomic E-state index is 12.9. The fourth-order valence-corrected chi connectivity index (χ4v) is 2.47. The molecule has 1 N–H and O–H groups in total. The number of halogens is 3. The minimum atomic E-state index is -4.78. The van der Waals surface area contributed by atoms with Gasteiger partial charge in [-0.15, -0.1) is 0 Å². The molecule has 0 saturated carbocycles. The zero-order chi connectivity index (χ0) is 15.8. The molecular formula is C13H15F3N2O3. The molecule has 0 aromatic heterocycles. The fraction of sp³-hybridized carbons (Fsp3) is 0.538. The van der Waals surface area contributed by atoms with Crippen molar-refractivity contribution in [3.63, 3.8) is 0 Å². The number of hydrogen-bond acceptors (Lipinski definition) is 4. The number of aliphatic hydroxyl groups is 1. The molecule has 1 aromatic rings. The number of alkyl halides is 3. The van der Waals surface area contributed by atoms with Gasteiger partial charge in [0.05, 0.1) is 11.0 Å². The minimum absolute atomic E-state index is 0.0664. The summed E-state index contributed by atoms with van der Waals surface area (Å²) in [4.78, 5) is 11.4. The Hall–Kier alpha value is -1.83. The Kier molecular flexibility index (Phi) is 4.08. The number of aliphatic hydroxyl groups excluding tert-OH is 1. The number of benzene rings is 1. The summed E-state index contributed by atoms with van der Waals surface area (Å²) in [5.74, 6) is -0.0664. The summed E-state index contributed by atoms with van der Waals surface area (Å²) < 4.78 is 38.8. The Labute approximate surface area is 119 Å². The first kappa shape index (κ1) is 15.6. The molecule has 1 saturated heterocycles. The highest BCUT2D eigenvalue weighted by Crippen LogP contribution is 2.38. The normalized spacial score (nSPS) is 23.2. The van der Waals surface area contributed by atoms with Crippen LogP contribution in [-0.4, -0.2) is 29.2 Å². The number of anilines is 1. The van der Waals surface area contributed by atoms with Crippen molar-refractivity contribution >= 4 is 11.4 Å². The Bertz CT molecular complexity index is 548. The zero-order valence-corrected chi connectivity index (χ0v) is 11.3. The lowest BCUT2D eigenvalue weighted by Gasteiger charge is -2.36. The van der Waals surface area contributed by atoms with Crippen LogP contribution in [-0.2, 0) is 6.18 Å². The third kappa shape index (κ3) is 3.26. The van der Waals surface area contributed by atoms with E-state index in [2.05, 4.69) is 0 Å². The maximum absolute atomic E-state index is 12.9. The molecule has 2 unspecified atom stereocenters. The topological polar surface area (TPSA) is 66.6 Å². The van der Waals surface area contributed by atoms with Crippen LogP contribution in [0.4, 0.5) is 24.5 Å². The van der Waals surface area contributed by atoms with E-state index in [1.165, 1.54) is 6.07 Å². The third-order valence-electron chi connectivity index (χ3n) is 3.71. The lowest BCUT2D eigenvalue weighted by molar-refractivity contribution is -0.388. The van der Waals surface area contributed by atoms with Crippen molar-refractivity contribution in [1.82, 2.24) is 0 Å². The second-order valence-electron chi connectivity index (χ2n) is 5.24. The van der Waals surface area contributed by atoms with Crippen LogP contribution in [0.25, 0.3) is 0 Å². The number of hydrogen-bond donors (Lipinski definition) is 1. The van der Waals surface area contributed by atoms with Gasteiger partial charge in [0.25, 0.3) is 5.69 Å². The SMILES string of the molecule is CC1CN(c2ccc([N+](=O)[O-])c(C(F)(F)F)c2)CCC1O. The van der Waals surface area contributed by atoms with Crippen LogP contribution >= 0.6 is 0 Å². The first-order valence-electron chi connectivity index (χ1n) is 6.49. The van der Waals surface area contributed by atoms with E-state index in [9.17, 15) is 28.4 Å². The van der Waals surface area contributed by atoms with Gasteiger partial charge in [0.1, 0.15) is 5.56 Å². The summed E-state index contributed by atoms with van der Waals surface area (Å²) in [6.45, 7) is 2.64. The summed E-state index contributed by atoms with van der Waals surface area (Å²) in [6, 6.07) is 3.01. The van der Waals surface area contributed by atoms with Crippen molar-refractivity contribution in [2.75, 3.05) is 18.0 Å².